The maximum absolute atomic E-state index is 12.6. The highest BCUT2D eigenvalue weighted by Crippen LogP contribution is 2.24. The number of hydrogen-bond acceptors (Lipinski definition) is 2. The molecule has 0 aliphatic heterocycles. The molecule has 0 fully saturated rings. The summed E-state index contributed by atoms with van der Waals surface area (Å²) in [6.07, 6.45) is 6.84. The number of benzene rings is 2. The zero-order valence-corrected chi connectivity index (χ0v) is 14.1. The van der Waals surface area contributed by atoms with E-state index < -0.39 is 0 Å². The molecular formula is C21H23NO2. The van der Waals surface area contributed by atoms with Crippen LogP contribution in [0.4, 0.5) is 0 Å². The lowest BCUT2D eigenvalue weighted by Gasteiger charge is -2.06. The summed E-state index contributed by atoms with van der Waals surface area (Å²) in [5.74, 6) is 0.943. The summed E-state index contributed by atoms with van der Waals surface area (Å²) in [5, 5.41) is 0.953. The van der Waals surface area contributed by atoms with Crippen molar-refractivity contribution in [2.75, 3.05) is 0 Å². The second-order valence-corrected chi connectivity index (χ2v) is 6.02. The molecule has 0 aliphatic carbocycles. The van der Waals surface area contributed by atoms with Crippen LogP contribution in [0, 0.1) is 0 Å². The lowest BCUT2D eigenvalue weighted by atomic mass is 10.0. The molecule has 0 bridgehead atoms. The van der Waals surface area contributed by atoms with Crippen LogP contribution in [0.2, 0.25) is 0 Å². The fourth-order valence-corrected chi connectivity index (χ4v) is 2.89. The highest BCUT2D eigenvalue weighted by molar-refractivity contribution is 6.08. The third-order valence-electron chi connectivity index (χ3n) is 4.18. The second-order valence-electron chi connectivity index (χ2n) is 6.02. The minimum atomic E-state index is 0.192. The molecule has 0 aliphatic rings. The number of Topliss-reactive ketones (excluding diaryl/α,β-unsaturated/α-hetero) is 1. The number of hydrogen-bond donors (Lipinski definition) is 0. The molecule has 1 heterocycles. The van der Waals surface area contributed by atoms with Crippen LogP contribution in [0.15, 0.2) is 60.8 Å². The van der Waals surface area contributed by atoms with Crippen LogP contribution in [-0.2, 0) is 0 Å². The number of unbranched alkanes of at least 4 members (excludes halogenated alkanes) is 3. The fraction of sp³-hybridized carbons (Fsp3) is 0.286. The molecule has 0 N–H and O–H groups in total. The third-order valence-corrected chi connectivity index (χ3v) is 4.18. The van der Waals surface area contributed by atoms with Crippen molar-refractivity contribution in [2.24, 2.45) is 0 Å². The molecule has 0 saturated carbocycles. The molecule has 0 atom stereocenters. The van der Waals surface area contributed by atoms with Gasteiger partial charge in [0, 0.05) is 17.4 Å². The van der Waals surface area contributed by atoms with Crippen LogP contribution < -0.4 is 4.84 Å². The first-order valence-corrected chi connectivity index (χ1v) is 8.66. The van der Waals surface area contributed by atoms with E-state index >= 15 is 0 Å². The van der Waals surface area contributed by atoms with Gasteiger partial charge in [0.25, 0.3) is 0 Å². The molecule has 0 spiro atoms. The number of ketones is 1. The van der Waals surface area contributed by atoms with Crippen molar-refractivity contribution >= 4 is 16.7 Å². The van der Waals surface area contributed by atoms with Crippen LogP contribution in [0.25, 0.3) is 10.9 Å². The summed E-state index contributed by atoms with van der Waals surface area (Å²) in [6, 6.07) is 17.5. The highest BCUT2D eigenvalue weighted by atomic mass is 16.7. The molecule has 3 rings (SSSR count). The highest BCUT2D eigenvalue weighted by Gasteiger charge is 2.15. The van der Waals surface area contributed by atoms with Crippen LogP contribution in [-0.4, -0.2) is 10.5 Å². The van der Waals surface area contributed by atoms with Gasteiger partial charge in [0.1, 0.15) is 0 Å². The molecule has 0 radical (unpaired) electrons. The molecule has 3 heteroatoms. The van der Waals surface area contributed by atoms with Crippen LogP contribution in [0.3, 0.4) is 0 Å². The fourth-order valence-electron chi connectivity index (χ4n) is 2.89. The number of para-hydroxylation sites is 2. The van der Waals surface area contributed by atoms with Gasteiger partial charge in [-0.3, -0.25) is 4.79 Å². The van der Waals surface area contributed by atoms with Gasteiger partial charge < -0.3 is 4.84 Å². The monoisotopic (exact) mass is 321 g/mol. The minimum Gasteiger partial charge on any atom is -0.375 e. The number of fused-ring (bicyclic) bond motifs is 1. The van der Waals surface area contributed by atoms with Crippen molar-refractivity contribution in [3.8, 4) is 5.75 Å². The molecule has 1 aromatic heterocycles. The van der Waals surface area contributed by atoms with Gasteiger partial charge in [0.05, 0.1) is 11.7 Å². The normalized spacial score (nSPS) is 10.9. The summed E-state index contributed by atoms with van der Waals surface area (Å²) in [7, 11) is 0. The van der Waals surface area contributed by atoms with Crippen molar-refractivity contribution in [3.05, 3.63) is 66.4 Å². The average Bonchev–Trinajstić information content (AvgIpc) is 2.98. The van der Waals surface area contributed by atoms with Gasteiger partial charge in [-0.2, -0.15) is 4.73 Å². The summed E-state index contributed by atoms with van der Waals surface area (Å²) in [6.45, 7) is 2.18. The van der Waals surface area contributed by atoms with Crippen LogP contribution in [0.5, 0.6) is 5.75 Å². The van der Waals surface area contributed by atoms with Crippen molar-refractivity contribution < 1.29 is 9.63 Å². The molecule has 0 saturated heterocycles. The smallest absolute Gasteiger partial charge is 0.165 e. The van der Waals surface area contributed by atoms with Gasteiger partial charge in [-0.15, -0.1) is 0 Å². The third kappa shape index (κ3) is 3.67. The molecule has 2 aromatic carbocycles. The first kappa shape index (κ1) is 16.3. The van der Waals surface area contributed by atoms with Crippen molar-refractivity contribution in [1.82, 2.24) is 4.73 Å². The Bertz CT molecular complexity index is 805. The van der Waals surface area contributed by atoms with Crippen molar-refractivity contribution in [1.29, 1.82) is 0 Å². The van der Waals surface area contributed by atoms with Crippen LogP contribution in [0.1, 0.15) is 49.4 Å². The molecule has 3 nitrogen and oxygen atoms in total. The summed E-state index contributed by atoms with van der Waals surface area (Å²) >= 11 is 0. The predicted octanol–water partition coefficient (Wildman–Crippen LogP) is 5.64. The summed E-state index contributed by atoms with van der Waals surface area (Å²) in [4.78, 5) is 18.5. The maximum atomic E-state index is 12.6. The molecular weight excluding hydrogens is 298 g/mol. The quantitative estimate of drug-likeness (QED) is 0.397. The first-order valence-electron chi connectivity index (χ1n) is 8.66. The predicted molar refractivity (Wildman–Crippen MR) is 97.5 cm³/mol. The first-order chi connectivity index (χ1) is 11.8. The van der Waals surface area contributed by atoms with Gasteiger partial charge in [-0.1, -0.05) is 62.6 Å². The average molecular weight is 321 g/mol. The van der Waals surface area contributed by atoms with E-state index in [0.717, 1.165) is 35.1 Å². The standard InChI is InChI=1S/C21H23NO2/c1-2-3-4-8-15-21(23)19-16-22(20-14-10-9-13-18(19)20)24-17-11-6-5-7-12-17/h5-7,9-14,16H,2-4,8,15H2,1H3. The maximum Gasteiger partial charge on any atom is 0.165 e. The van der Waals surface area contributed by atoms with E-state index in [1.54, 1.807) is 4.73 Å². The number of nitrogens with zero attached hydrogens (tertiary/aromatic N) is 1. The van der Waals surface area contributed by atoms with Crippen molar-refractivity contribution in [3.63, 3.8) is 0 Å². The molecule has 24 heavy (non-hydrogen) atoms. The molecule has 0 amide bonds. The lowest BCUT2D eigenvalue weighted by Crippen LogP contribution is -2.03. The Labute approximate surface area is 142 Å². The lowest BCUT2D eigenvalue weighted by molar-refractivity contribution is 0.0979. The van der Waals surface area contributed by atoms with E-state index in [2.05, 4.69) is 6.92 Å². The van der Waals surface area contributed by atoms with Crippen molar-refractivity contribution in [2.45, 2.75) is 39.0 Å². The van der Waals surface area contributed by atoms with E-state index in [4.69, 9.17) is 4.84 Å². The van der Waals surface area contributed by atoms with E-state index in [-0.39, 0.29) is 5.78 Å². The number of rotatable bonds is 8. The molecule has 124 valence electrons. The summed E-state index contributed by atoms with van der Waals surface area (Å²) < 4.78 is 1.70. The van der Waals surface area contributed by atoms with E-state index in [1.165, 1.54) is 12.8 Å². The largest absolute Gasteiger partial charge is 0.375 e. The van der Waals surface area contributed by atoms with E-state index in [1.807, 2.05) is 60.8 Å². The van der Waals surface area contributed by atoms with E-state index in [9.17, 15) is 4.79 Å². The Morgan fingerprint density at radius 3 is 2.50 bits per heavy atom. The van der Waals surface area contributed by atoms with Gasteiger partial charge >= 0.3 is 0 Å². The van der Waals surface area contributed by atoms with Crippen LogP contribution >= 0.6 is 0 Å². The Kier molecular flexibility index (Phi) is 5.32. The second kappa shape index (κ2) is 7.82. The van der Waals surface area contributed by atoms with Gasteiger partial charge in [0.15, 0.2) is 11.5 Å². The Hall–Kier alpha value is -2.55. The molecule has 0 unspecified atom stereocenters. The van der Waals surface area contributed by atoms with Gasteiger partial charge in [0.2, 0.25) is 0 Å². The Morgan fingerprint density at radius 1 is 0.958 bits per heavy atom. The zero-order valence-electron chi connectivity index (χ0n) is 14.1. The number of carbonyl (C=O) groups is 1. The molecule has 3 aromatic rings. The Morgan fingerprint density at radius 2 is 1.71 bits per heavy atom. The van der Waals surface area contributed by atoms with Gasteiger partial charge in [-0.05, 0) is 24.6 Å². The summed E-state index contributed by atoms with van der Waals surface area (Å²) in [5.41, 5.74) is 1.66. The topological polar surface area (TPSA) is 31.2 Å². The van der Waals surface area contributed by atoms with E-state index in [0.29, 0.717) is 6.42 Å². The zero-order chi connectivity index (χ0) is 16.8. The van der Waals surface area contributed by atoms with Gasteiger partial charge in [-0.25, -0.2) is 0 Å². The minimum absolute atomic E-state index is 0.192. The number of carbonyl (C=O) groups excluding carboxylic acids is 1. The Balaban J connectivity index is 1.85. The number of aromatic nitrogens is 1. The SMILES string of the molecule is CCCCCCC(=O)c1cn(Oc2ccccc2)c2ccccc12.